The largest absolute Gasteiger partial charge is 0.360 e. The molecular weight excluding hydrogens is 282 g/mol. The van der Waals surface area contributed by atoms with Crippen LogP contribution in [0.2, 0.25) is 0 Å². The van der Waals surface area contributed by atoms with Gasteiger partial charge in [0.15, 0.2) is 0 Å². The number of aryl methyl sites for hydroxylation is 1. The number of piperidine rings is 2. The van der Waals surface area contributed by atoms with Gasteiger partial charge in [-0.1, -0.05) is 11.3 Å². The van der Waals surface area contributed by atoms with Crippen molar-refractivity contribution in [3.05, 3.63) is 5.01 Å². The van der Waals surface area contributed by atoms with Crippen LogP contribution in [0.3, 0.4) is 0 Å². The smallest absolute Gasteiger partial charge is 0.205 e. The van der Waals surface area contributed by atoms with Crippen molar-refractivity contribution in [1.29, 1.82) is 0 Å². The molecule has 2 aliphatic rings. The van der Waals surface area contributed by atoms with Crippen molar-refractivity contribution in [2.45, 2.75) is 38.6 Å². The van der Waals surface area contributed by atoms with Crippen LogP contribution in [0.4, 0.5) is 5.13 Å². The SMILES string of the molecule is Cc1nnc(NCC2CCN(C3CCN(C)CC3)CC2)s1. The highest BCUT2D eigenvalue weighted by Crippen LogP contribution is 2.24. The van der Waals surface area contributed by atoms with Crippen molar-refractivity contribution in [3.8, 4) is 0 Å². The van der Waals surface area contributed by atoms with E-state index in [-0.39, 0.29) is 0 Å². The van der Waals surface area contributed by atoms with E-state index in [1.54, 1.807) is 11.3 Å². The molecule has 6 heteroatoms. The third kappa shape index (κ3) is 4.14. The molecule has 118 valence electrons. The molecule has 3 rings (SSSR count). The van der Waals surface area contributed by atoms with E-state index in [0.717, 1.165) is 28.6 Å². The number of likely N-dealkylation sites (tertiary alicyclic amines) is 2. The summed E-state index contributed by atoms with van der Waals surface area (Å²) >= 11 is 1.65. The van der Waals surface area contributed by atoms with Crippen LogP contribution in [-0.2, 0) is 0 Å². The van der Waals surface area contributed by atoms with E-state index in [4.69, 9.17) is 0 Å². The van der Waals surface area contributed by atoms with Gasteiger partial charge in [-0.3, -0.25) is 0 Å². The van der Waals surface area contributed by atoms with Gasteiger partial charge >= 0.3 is 0 Å². The molecule has 2 fully saturated rings. The molecule has 2 aliphatic heterocycles. The Bertz CT molecular complexity index is 433. The number of hydrogen-bond donors (Lipinski definition) is 1. The van der Waals surface area contributed by atoms with Gasteiger partial charge in [0.25, 0.3) is 0 Å². The molecule has 0 aliphatic carbocycles. The molecule has 0 radical (unpaired) electrons. The van der Waals surface area contributed by atoms with Gasteiger partial charge in [-0.25, -0.2) is 0 Å². The lowest BCUT2D eigenvalue weighted by molar-refractivity contribution is 0.0877. The number of nitrogens with one attached hydrogen (secondary N) is 1. The molecule has 2 saturated heterocycles. The third-order valence-corrected chi connectivity index (χ3v) is 5.72. The molecule has 21 heavy (non-hydrogen) atoms. The topological polar surface area (TPSA) is 44.3 Å². The number of rotatable bonds is 4. The van der Waals surface area contributed by atoms with E-state index >= 15 is 0 Å². The zero-order valence-electron chi connectivity index (χ0n) is 13.2. The van der Waals surface area contributed by atoms with Crippen LogP contribution < -0.4 is 5.32 Å². The Morgan fingerprint density at radius 2 is 1.81 bits per heavy atom. The minimum absolute atomic E-state index is 0.789. The van der Waals surface area contributed by atoms with E-state index in [0.29, 0.717) is 0 Å². The fourth-order valence-electron chi connectivity index (χ4n) is 3.48. The summed E-state index contributed by atoms with van der Waals surface area (Å²) in [6.45, 7) is 8.13. The molecule has 0 bridgehead atoms. The van der Waals surface area contributed by atoms with Gasteiger partial charge in [0.05, 0.1) is 0 Å². The highest BCUT2D eigenvalue weighted by molar-refractivity contribution is 7.15. The quantitative estimate of drug-likeness (QED) is 0.922. The highest BCUT2D eigenvalue weighted by Gasteiger charge is 2.27. The summed E-state index contributed by atoms with van der Waals surface area (Å²) in [4.78, 5) is 5.19. The minimum Gasteiger partial charge on any atom is -0.360 e. The van der Waals surface area contributed by atoms with E-state index in [2.05, 4.69) is 32.4 Å². The van der Waals surface area contributed by atoms with Crippen LogP contribution in [0.15, 0.2) is 0 Å². The van der Waals surface area contributed by atoms with Gasteiger partial charge in [0.2, 0.25) is 5.13 Å². The molecular formula is C15H27N5S. The van der Waals surface area contributed by atoms with Crippen LogP contribution >= 0.6 is 11.3 Å². The van der Waals surface area contributed by atoms with Crippen molar-refractivity contribution < 1.29 is 0 Å². The summed E-state index contributed by atoms with van der Waals surface area (Å²) in [7, 11) is 2.24. The van der Waals surface area contributed by atoms with Crippen LogP contribution in [0.25, 0.3) is 0 Å². The summed E-state index contributed by atoms with van der Waals surface area (Å²) in [5.74, 6) is 0.789. The molecule has 5 nitrogen and oxygen atoms in total. The van der Waals surface area contributed by atoms with Gasteiger partial charge in [-0.2, -0.15) is 0 Å². The first-order chi connectivity index (χ1) is 10.2. The van der Waals surface area contributed by atoms with Gasteiger partial charge in [-0.05, 0) is 71.8 Å². The molecule has 0 saturated carbocycles. The first-order valence-corrected chi connectivity index (χ1v) is 8.99. The predicted molar refractivity (Wildman–Crippen MR) is 88.0 cm³/mol. The molecule has 0 amide bonds. The fraction of sp³-hybridized carbons (Fsp3) is 0.867. The van der Waals surface area contributed by atoms with E-state index in [9.17, 15) is 0 Å². The Kier molecular flexibility index (Phi) is 5.08. The second-order valence-electron chi connectivity index (χ2n) is 6.52. The second kappa shape index (κ2) is 7.03. The summed E-state index contributed by atoms with van der Waals surface area (Å²) in [6.07, 6.45) is 5.33. The Morgan fingerprint density at radius 3 is 2.43 bits per heavy atom. The number of nitrogens with zero attached hydrogens (tertiary/aromatic N) is 4. The summed E-state index contributed by atoms with van der Waals surface area (Å²) in [5.41, 5.74) is 0. The van der Waals surface area contributed by atoms with Crippen LogP contribution in [0, 0.1) is 12.8 Å². The van der Waals surface area contributed by atoms with E-state index in [1.165, 1.54) is 51.9 Å². The van der Waals surface area contributed by atoms with Crippen molar-refractivity contribution in [2.75, 3.05) is 45.1 Å². The van der Waals surface area contributed by atoms with Gasteiger partial charge in [-0.15, -0.1) is 10.2 Å². The Morgan fingerprint density at radius 1 is 1.10 bits per heavy atom. The standard InChI is InChI=1S/C15H27N5S/c1-12-17-18-15(21-12)16-11-13-3-9-20(10-4-13)14-5-7-19(2)8-6-14/h13-14H,3-11H2,1-2H3,(H,16,18). The van der Waals surface area contributed by atoms with E-state index < -0.39 is 0 Å². The zero-order chi connectivity index (χ0) is 14.7. The van der Waals surface area contributed by atoms with Crippen molar-refractivity contribution in [3.63, 3.8) is 0 Å². The lowest BCUT2D eigenvalue weighted by Gasteiger charge is -2.41. The number of anilines is 1. The minimum atomic E-state index is 0.789. The molecule has 0 unspecified atom stereocenters. The average molecular weight is 309 g/mol. The Hall–Kier alpha value is -0.720. The second-order valence-corrected chi connectivity index (χ2v) is 7.70. The van der Waals surface area contributed by atoms with Gasteiger partial charge < -0.3 is 15.1 Å². The van der Waals surface area contributed by atoms with Crippen molar-refractivity contribution >= 4 is 16.5 Å². The first-order valence-electron chi connectivity index (χ1n) is 8.17. The maximum absolute atomic E-state index is 4.14. The van der Waals surface area contributed by atoms with Crippen molar-refractivity contribution in [2.24, 2.45) is 5.92 Å². The monoisotopic (exact) mass is 309 g/mol. The normalized spacial score (nSPS) is 23.5. The summed E-state index contributed by atoms with van der Waals surface area (Å²) < 4.78 is 0. The average Bonchev–Trinajstić information content (AvgIpc) is 2.92. The molecule has 1 aromatic heterocycles. The van der Waals surface area contributed by atoms with E-state index in [1.807, 2.05) is 6.92 Å². The molecule has 0 atom stereocenters. The third-order valence-electron chi connectivity index (χ3n) is 4.92. The lowest BCUT2D eigenvalue weighted by atomic mass is 9.93. The highest BCUT2D eigenvalue weighted by atomic mass is 32.1. The maximum atomic E-state index is 4.14. The first kappa shape index (κ1) is 15.2. The molecule has 0 aromatic carbocycles. The van der Waals surface area contributed by atoms with Gasteiger partial charge in [0, 0.05) is 12.6 Å². The Labute approximate surface area is 131 Å². The van der Waals surface area contributed by atoms with Crippen LogP contribution in [0.5, 0.6) is 0 Å². The number of aromatic nitrogens is 2. The van der Waals surface area contributed by atoms with Gasteiger partial charge in [0.1, 0.15) is 5.01 Å². The lowest BCUT2D eigenvalue weighted by Crippen LogP contribution is -2.47. The molecule has 0 spiro atoms. The summed E-state index contributed by atoms with van der Waals surface area (Å²) in [5, 5.41) is 13.7. The summed E-state index contributed by atoms with van der Waals surface area (Å²) in [6, 6.07) is 0.834. The van der Waals surface area contributed by atoms with Crippen molar-refractivity contribution in [1.82, 2.24) is 20.0 Å². The maximum Gasteiger partial charge on any atom is 0.205 e. The molecule has 1 N–H and O–H groups in total. The fourth-order valence-corrected chi connectivity index (χ4v) is 4.08. The molecule has 1 aromatic rings. The van der Waals surface area contributed by atoms with Crippen LogP contribution in [0.1, 0.15) is 30.7 Å². The predicted octanol–water partition coefficient (Wildman–Crippen LogP) is 2.06. The Balaban J connectivity index is 1.38. The van der Waals surface area contributed by atoms with Crippen LogP contribution in [-0.4, -0.2) is 65.8 Å². The molecule has 3 heterocycles. The zero-order valence-corrected chi connectivity index (χ0v) is 14.0. The number of hydrogen-bond acceptors (Lipinski definition) is 6.